The van der Waals surface area contributed by atoms with Gasteiger partial charge in [0.1, 0.15) is 23.4 Å². The molecule has 1 aliphatic rings. The number of nitrogens with zero attached hydrogens (tertiary/aromatic N) is 5. The number of thiazole rings is 1. The summed E-state index contributed by atoms with van der Waals surface area (Å²) in [5.74, 6) is 2.54. The molecule has 1 fully saturated rings. The van der Waals surface area contributed by atoms with Gasteiger partial charge < -0.3 is 14.4 Å². The fraction of sp³-hybridized carbons (Fsp3) is 0.556. The number of fused-ring (bicyclic) bond motifs is 1. The highest BCUT2D eigenvalue weighted by molar-refractivity contribution is 7.17. The van der Waals surface area contributed by atoms with Crippen LogP contribution in [0.1, 0.15) is 41.1 Å². The molecule has 0 amide bonds. The lowest BCUT2D eigenvalue weighted by molar-refractivity contribution is 0.112. The van der Waals surface area contributed by atoms with Gasteiger partial charge in [-0.1, -0.05) is 11.3 Å². The summed E-state index contributed by atoms with van der Waals surface area (Å²) < 4.78 is 7.51. The van der Waals surface area contributed by atoms with Crippen LogP contribution >= 0.6 is 11.3 Å². The van der Waals surface area contributed by atoms with Gasteiger partial charge in [0.2, 0.25) is 10.8 Å². The predicted molar refractivity (Wildman–Crippen MR) is 101 cm³/mol. The second-order valence-corrected chi connectivity index (χ2v) is 8.20. The molecule has 0 aromatic carbocycles. The van der Waals surface area contributed by atoms with E-state index in [4.69, 9.17) is 4.42 Å². The monoisotopic (exact) mass is 375 g/mol. The molecular weight excluding hydrogens is 350 g/mol. The van der Waals surface area contributed by atoms with E-state index in [9.17, 15) is 5.11 Å². The van der Waals surface area contributed by atoms with Crippen LogP contribution in [-0.4, -0.2) is 62.7 Å². The molecule has 0 radical (unpaired) electrons. The van der Waals surface area contributed by atoms with E-state index in [2.05, 4.69) is 34.0 Å². The largest absolute Gasteiger partial charge is 0.492 e. The number of piperidine rings is 1. The maximum absolute atomic E-state index is 10.8. The molecule has 1 atom stereocenters. The molecule has 4 rings (SSSR count). The molecule has 3 aromatic heterocycles. The molecule has 0 saturated carbocycles. The first-order valence-electron chi connectivity index (χ1n) is 8.96. The van der Waals surface area contributed by atoms with Gasteiger partial charge in [-0.25, -0.2) is 4.98 Å². The molecule has 4 heterocycles. The lowest BCUT2D eigenvalue weighted by Gasteiger charge is -2.38. The van der Waals surface area contributed by atoms with Crippen LogP contribution in [0.15, 0.2) is 16.5 Å². The summed E-state index contributed by atoms with van der Waals surface area (Å²) in [4.78, 5) is 10.6. The predicted octanol–water partition coefficient (Wildman–Crippen LogP) is 2.82. The molecule has 0 spiro atoms. The van der Waals surface area contributed by atoms with Gasteiger partial charge in [0.15, 0.2) is 0 Å². The van der Waals surface area contributed by atoms with Crippen molar-refractivity contribution in [3.63, 3.8) is 0 Å². The fourth-order valence-corrected chi connectivity index (χ4v) is 4.91. The van der Waals surface area contributed by atoms with Crippen molar-refractivity contribution in [3.8, 4) is 5.88 Å². The Labute approximate surface area is 156 Å². The number of likely N-dealkylation sites (tertiary alicyclic amines) is 1. The minimum atomic E-state index is -0.147. The normalized spacial score (nSPS) is 18.2. The number of rotatable bonds is 4. The Kier molecular flexibility index (Phi) is 4.50. The average molecular weight is 375 g/mol. The number of aryl methyl sites for hydroxylation is 2. The number of hydrogen-bond acceptors (Lipinski definition) is 7. The van der Waals surface area contributed by atoms with Crippen LogP contribution in [0.5, 0.6) is 5.88 Å². The molecule has 1 unspecified atom stereocenters. The van der Waals surface area contributed by atoms with Crippen LogP contribution in [0.4, 0.5) is 0 Å². The van der Waals surface area contributed by atoms with Crippen LogP contribution in [-0.2, 0) is 0 Å². The highest BCUT2D eigenvalue weighted by atomic mass is 32.1. The van der Waals surface area contributed by atoms with Crippen LogP contribution in [0.2, 0.25) is 0 Å². The smallest absolute Gasteiger partial charge is 0.230 e. The van der Waals surface area contributed by atoms with Gasteiger partial charge in [0, 0.05) is 6.04 Å². The van der Waals surface area contributed by atoms with Gasteiger partial charge in [-0.05, 0) is 66.0 Å². The first kappa shape index (κ1) is 17.5. The third-order valence-electron chi connectivity index (χ3n) is 5.26. The van der Waals surface area contributed by atoms with Crippen LogP contribution in [0.25, 0.3) is 4.96 Å². The van der Waals surface area contributed by atoms with Crippen molar-refractivity contribution in [2.45, 2.75) is 38.8 Å². The first-order chi connectivity index (χ1) is 12.4. The third-order valence-corrected chi connectivity index (χ3v) is 6.33. The van der Waals surface area contributed by atoms with Crippen molar-refractivity contribution in [2.75, 3.05) is 27.2 Å². The zero-order valence-corrected chi connectivity index (χ0v) is 16.5. The lowest BCUT2D eigenvalue weighted by atomic mass is 10.0. The van der Waals surface area contributed by atoms with Crippen molar-refractivity contribution in [1.82, 2.24) is 24.4 Å². The second-order valence-electron chi connectivity index (χ2n) is 7.19. The molecular formula is C18H25N5O2S. The fourth-order valence-electron chi connectivity index (χ4n) is 3.75. The minimum absolute atomic E-state index is 0.147. The first-order valence-corrected chi connectivity index (χ1v) is 9.77. The Morgan fingerprint density at radius 2 is 2.04 bits per heavy atom. The quantitative estimate of drug-likeness (QED) is 0.756. The Hall–Kier alpha value is -1.90. The molecule has 3 aromatic rings. The van der Waals surface area contributed by atoms with E-state index in [-0.39, 0.29) is 11.9 Å². The summed E-state index contributed by atoms with van der Waals surface area (Å²) in [7, 11) is 4.29. The maximum atomic E-state index is 10.8. The van der Waals surface area contributed by atoms with Crippen molar-refractivity contribution in [3.05, 3.63) is 34.4 Å². The van der Waals surface area contributed by atoms with Gasteiger partial charge in [-0.3, -0.25) is 4.90 Å². The summed E-state index contributed by atoms with van der Waals surface area (Å²) in [6.07, 6.45) is 2.20. The Morgan fingerprint density at radius 1 is 1.31 bits per heavy atom. The SMILES string of the molecule is Cc1nc2sc(C(c3ccc(C)o3)N(C)C3CCN(C)CC3)c(O)n2n1. The van der Waals surface area contributed by atoms with Gasteiger partial charge in [-0.2, -0.15) is 4.52 Å². The van der Waals surface area contributed by atoms with Gasteiger partial charge in [-0.15, -0.1) is 5.10 Å². The molecule has 7 nitrogen and oxygen atoms in total. The van der Waals surface area contributed by atoms with Crippen molar-refractivity contribution >= 4 is 16.3 Å². The molecule has 0 bridgehead atoms. The van der Waals surface area contributed by atoms with E-state index in [1.165, 1.54) is 15.9 Å². The molecule has 0 aliphatic carbocycles. The molecule has 1 N–H and O–H groups in total. The van der Waals surface area contributed by atoms with E-state index < -0.39 is 0 Å². The van der Waals surface area contributed by atoms with E-state index >= 15 is 0 Å². The Bertz CT molecular complexity index is 906. The molecule has 1 aliphatic heterocycles. The summed E-state index contributed by atoms with van der Waals surface area (Å²) >= 11 is 1.48. The van der Waals surface area contributed by atoms with E-state index in [0.717, 1.165) is 42.3 Å². The van der Waals surface area contributed by atoms with Gasteiger partial charge in [0.05, 0.1) is 4.88 Å². The summed E-state index contributed by atoms with van der Waals surface area (Å²) in [5, 5.41) is 15.1. The van der Waals surface area contributed by atoms with Crippen LogP contribution in [0, 0.1) is 13.8 Å². The Morgan fingerprint density at radius 3 is 2.65 bits per heavy atom. The van der Waals surface area contributed by atoms with Crippen molar-refractivity contribution < 1.29 is 9.52 Å². The Balaban J connectivity index is 1.75. The van der Waals surface area contributed by atoms with E-state index in [1.807, 2.05) is 26.0 Å². The average Bonchev–Trinajstić information content (AvgIpc) is 3.26. The topological polar surface area (TPSA) is 70.0 Å². The highest BCUT2D eigenvalue weighted by Crippen LogP contribution is 2.41. The number of aromatic hydroxyl groups is 1. The number of hydrogen-bond donors (Lipinski definition) is 1. The third kappa shape index (κ3) is 3.02. The summed E-state index contributed by atoms with van der Waals surface area (Å²) in [6, 6.07) is 4.27. The highest BCUT2D eigenvalue weighted by Gasteiger charge is 2.34. The summed E-state index contributed by atoms with van der Waals surface area (Å²) in [5.41, 5.74) is 0. The molecule has 1 saturated heterocycles. The van der Waals surface area contributed by atoms with Crippen LogP contribution in [0.3, 0.4) is 0 Å². The van der Waals surface area contributed by atoms with Crippen molar-refractivity contribution in [2.24, 2.45) is 0 Å². The van der Waals surface area contributed by atoms with Crippen LogP contribution < -0.4 is 0 Å². The lowest BCUT2D eigenvalue weighted by Crippen LogP contribution is -2.43. The maximum Gasteiger partial charge on any atom is 0.230 e. The zero-order valence-electron chi connectivity index (χ0n) is 15.6. The van der Waals surface area contributed by atoms with Gasteiger partial charge in [0.25, 0.3) is 0 Å². The molecule has 8 heteroatoms. The number of furan rings is 1. The second kappa shape index (κ2) is 6.68. The summed E-state index contributed by atoms with van der Waals surface area (Å²) in [6.45, 7) is 5.94. The van der Waals surface area contributed by atoms with E-state index in [1.54, 1.807) is 0 Å². The van der Waals surface area contributed by atoms with E-state index in [0.29, 0.717) is 16.8 Å². The van der Waals surface area contributed by atoms with Crippen molar-refractivity contribution in [1.29, 1.82) is 0 Å². The molecule has 140 valence electrons. The van der Waals surface area contributed by atoms with Gasteiger partial charge >= 0.3 is 0 Å². The standard InChI is InChI=1S/C18H25N5O2S/c1-11-5-6-14(25-11)15(22(4)13-7-9-21(3)10-8-13)16-17(24)23-18(26-16)19-12(2)20-23/h5-6,13,15,24H,7-10H2,1-4H3. The zero-order chi connectivity index (χ0) is 18.4. The molecule has 26 heavy (non-hydrogen) atoms. The minimum Gasteiger partial charge on any atom is -0.492 e. The number of aromatic nitrogens is 3.